The molecule has 9 nitrogen and oxygen atoms in total. The molecule has 37 heavy (non-hydrogen) atoms. The van der Waals surface area contributed by atoms with Gasteiger partial charge in [-0.1, -0.05) is 11.6 Å². The molecule has 0 aromatic carbocycles. The van der Waals surface area contributed by atoms with Crippen molar-refractivity contribution in [1.29, 1.82) is 5.26 Å². The summed E-state index contributed by atoms with van der Waals surface area (Å²) in [5.41, 5.74) is 0.184. The average molecular weight is 531 g/mol. The van der Waals surface area contributed by atoms with Crippen LogP contribution < -0.4 is 9.64 Å². The number of piperazine rings is 1. The molecule has 0 saturated carbocycles. The van der Waals surface area contributed by atoms with Gasteiger partial charge in [0.2, 0.25) is 5.88 Å². The van der Waals surface area contributed by atoms with Crippen LogP contribution in [0.4, 0.5) is 14.9 Å². The fraction of sp³-hybridized carbons (Fsp3) is 0.615. The molecule has 2 bridgehead atoms. The van der Waals surface area contributed by atoms with Crippen LogP contribution in [0.1, 0.15) is 52.0 Å². The highest BCUT2D eigenvalue weighted by Crippen LogP contribution is 2.41. The highest BCUT2D eigenvalue weighted by molar-refractivity contribution is 6.30. The third-order valence-corrected chi connectivity index (χ3v) is 7.73. The Morgan fingerprint density at radius 3 is 2.57 bits per heavy atom. The first kappa shape index (κ1) is 25.7. The maximum absolute atomic E-state index is 15.2. The number of hydrogen-bond acceptors (Lipinski definition) is 8. The number of hydrogen-bond donors (Lipinski definition) is 0. The normalized spacial score (nSPS) is 24.0. The number of halogens is 2. The summed E-state index contributed by atoms with van der Waals surface area (Å²) in [6.45, 7) is 7.82. The molecular weight excluding hydrogens is 499 g/mol. The molecule has 3 aliphatic heterocycles. The largest absolute Gasteiger partial charge is 0.475 e. The molecule has 0 unspecified atom stereocenters. The minimum absolute atomic E-state index is 0.0192. The highest BCUT2D eigenvalue weighted by atomic mass is 35.5. The topological polar surface area (TPSA) is 94.8 Å². The van der Waals surface area contributed by atoms with Crippen LogP contribution in [0.25, 0.3) is 10.9 Å². The van der Waals surface area contributed by atoms with Crippen molar-refractivity contribution in [2.45, 2.75) is 70.2 Å². The summed E-state index contributed by atoms with van der Waals surface area (Å²) in [4.78, 5) is 27.4. The Labute approximate surface area is 221 Å². The van der Waals surface area contributed by atoms with Gasteiger partial charge in [0, 0.05) is 30.7 Å². The van der Waals surface area contributed by atoms with Crippen molar-refractivity contribution in [3.05, 3.63) is 22.7 Å². The highest BCUT2D eigenvalue weighted by Gasteiger charge is 2.45. The lowest BCUT2D eigenvalue weighted by molar-refractivity contribution is 0.0123. The first-order valence-electron chi connectivity index (χ1n) is 12.7. The van der Waals surface area contributed by atoms with Gasteiger partial charge in [0.05, 0.1) is 17.8 Å². The molecule has 3 atom stereocenters. The number of aromatic nitrogens is 2. The summed E-state index contributed by atoms with van der Waals surface area (Å²) in [7, 11) is 2.04. The standard InChI is InChI=1S/C26H32ClFN6O3/c1-26(2,3)37-25(35)34-15-7-8-16(34)13-33(12-15)22-18(10-29)24(36-14-17-6-5-9-32(17)4)31-21-19(22)11-30-23(27)20(21)28/h11,15-17H,5-9,12-14H2,1-4H3/t15-,16+,17-/m0/s1. The molecule has 198 valence electrons. The van der Waals surface area contributed by atoms with E-state index in [-0.39, 0.29) is 46.3 Å². The van der Waals surface area contributed by atoms with E-state index in [1.165, 1.54) is 6.20 Å². The Hall–Kier alpha value is -2.90. The summed E-state index contributed by atoms with van der Waals surface area (Å²) in [6.07, 6.45) is 4.83. The molecule has 3 fully saturated rings. The number of amides is 1. The first-order valence-corrected chi connectivity index (χ1v) is 13.1. The third kappa shape index (κ3) is 4.87. The van der Waals surface area contributed by atoms with Crippen LogP contribution in [0.2, 0.25) is 5.15 Å². The lowest BCUT2D eigenvalue weighted by Crippen LogP contribution is -2.57. The van der Waals surface area contributed by atoms with E-state index in [1.54, 1.807) is 0 Å². The van der Waals surface area contributed by atoms with E-state index in [2.05, 4.69) is 20.9 Å². The molecule has 1 amide bonds. The average Bonchev–Trinajstić information content (AvgIpc) is 3.37. The maximum atomic E-state index is 15.2. The van der Waals surface area contributed by atoms with Crippen LogP contribution in [0, 0.1) is 17.1 Å². The van der Waals surface area contributed by atoms with E-state index < -0.39 is 11.4 Å². The second-order valence-corrected chi connectivity index (χ2v) is 11.5. The molecular formula is C26H32ClFN6O3. The second-order valence-electron chi connectivity index (χ2n) is 11.1. The number of rotatable bonds is 4. The van der Waals surface area contributed by atoms with E-state index in [1.807, 2.05) is 37.6 Å². The quantitative estimate of drug-likeness (QED) is 0.538. The number of nitrogens with zero attached hydrogens (tertiary/aromatic N) is 6. The van der Waals surface area contributed by atoms with E-state index in [0.29, 0.717) is 30.8 Å². The fourth-order valence-electron chi connectivity index (χ4n) is 5.73. The minimum Gasteiger partial charge on any atom is -0.475 e. The van der Waals surface area contributed by atoms with Gasteiger partial charge in [-0.05, 0) is 60.0 Å². The van der Waals surface area contributed by atoms with Gasteiger partial charge in [0.1, 0.15) is 29.4 Å². The number of pyridine rings is 2. The van der Waals surface area contributed by atoms with Gasteiger partial charge < -0.3 is 19.3 Å². The zero-order chi connectivity index (χ0) is 26.5. The number of fused-ring (bicyclic) bond motifs is 3. The summed E-state index contributed by atoms with van der Waals surface area (Å²) in [5.74, 6) is -0.656. The van der Waals surface area contributed by atoms with Gasteiger partial charge in [-0.3, -0.25) is 4.90 Å². The Bertz CT molecular complexity index is 1250. The van der Waals surface area contributed by atoms with Crippen molar-refractivity contribution < 1.29 is 18.7 Å². The van der Waals surface area contributed by atoms with Crippen LogP contribution in [0.3, 0.4) is 0 Å². The summed E-state index contributed by atoms with van der Waals surface area (Å²) in [5, 5.41) is 10.4. The smallest absolute Gasteiger partial charge is 0.410 e. The molecule has 0 spiro atoms. The van der Waals surface area contributed by atoms with Crippen molar-refractivity contribution in [3.8, 4) is 11.9 Å². The van der Waals surface area contributed by atoms with Crippen LogP contribution in [-0.4, -0.2) is 82.9 Å². The Morgan fingerprint density at radius 1 is 1.27 bits per heavy atom. The third-order valence-electron chi connectivity index (χ3n) is 7.47. The lowest BCUT2D eigenvalue weighted by Gasteiger charge is -2.42. The zero-order valence-corrected chi connectivity index (χ0v) is 22.4. The first-order chi connectivity index (χ1) is 17.6. The molecule has 5 heterocycles. The Morgan fingerprint density at radius 2 is 1.97 bits per heavy atom. The Balaban J connectivity index is 1.52. The molecule has 3 aliphatic rings. The molecule has 11 heteroatoms. The van der Waals surface area contributed by atoms with Gasteiger partial charge in [-0.15, -0.1) is 0 Å². The maximum Gasteiger partial charge on any atom is 0.410 e. The van der Waals surface area contributed by atoms with Crippen LogP contribution in [0.5, 0.6) is 5.88 Å². The van der Waals surface area contributed by atoms with Crippen molar-refractivity contribution in [2.24, 2.45) is 0 Å². The predicted octanol–water partition coefficient (Wildman–Crippen LogP) is 4.36. The van der Waals surface area contributed by atoms with E-state index in [9.17, 15) is 10.1 Å². The number of carbonyl (C=O) groups excluding carboxylic acids is 1. The van der Waals surface area contributed by atoms with Crippen molar-refractivity contribution in [3.63, 3.8) is 0 Å². The molecule has 0 N–H and O–H groups in total. The van der Waals surface area contributed by atoms with E-state index in [0.717, 1.165) is 32.2 Å². The molecule has 2 aromatic rings. The number of likely N-dealkylation sites (tertiary alicyclic amines) is 1. The number of anilines is 1. The fourth-order valence-corrected chi connectivity index (χ4v) is 5.87. The summed E-state index contributed by atoms with van der Waals surface area (Å²) in [6, 6.07) is 2.27. The summed E-state index contributed by atoms with van der Waals surface area (Å²) >= 11 is 6.00. The van der Waals surface area contributed by atoms with Gasteiger partial charge in [-0.25, -0.2) is 19.2 Å². The second kappa shape index (κ2) is 9.76. The lowest BCUT2D eigenvalue weighted by atomic mass is 10.1. The van der Waals surface area contributed by atoms with Crippen molar-refractivity contribution >= 4 is 34.3 Å². The number of ether oxygens (including phenoxy) is 2. The van der Waals surface area contributed by atoms with Gasteiger partial charge in [0.25, 0.3) is 0 Å². The number of likely N-dealkylation sites (N-methyl/N-ethyl adjacent to an activating group) is 1. The molecule has 2 aromatic heterocycles. The number of carbonyl (C=O) groups is 1. The van der Waals surface area contributed by atoms with Crippen LogP contribution in [-0.2, 0) is 4.74 Å². The Kier molecular flexibility index (Phi) is 6.79. The monoisotopic (exact) mass is 530 g/mol. The minimum atomic E-state index is -0.747. The molecule has 3 saturated heterocycles. The van der Waals surface area contributed by atoms with Gasteiger partial charge in [0.15, 0.2) is 11.0 Å². The van der Waals surface area contributed by atoms with Gasteiger partial charge in [-0.2, -0.15) is 5.26 Å². The van der Waals surface area contributed by atoms with Crippen LogP contribution >= 0.6 is 11.6 Å². The molecule has 5 rings (SSSR count). The van der Waals surface area contributed by atoms with Crippen LogP contribution in [0.15, 0.2) is 6.20 Å². The summed E-state index contributed by atoms with van der Waals surface area (Å²) < 4.78 is 26.9. The zero-order valence-electron chi connectivity index (χ0n) is 21.6. The number of nitriles is 1. The van der Waals surface area contributed by atoms with Gasteiger partial charge >= 0.3 is 6.09 Å². The van der Waals surface area contributed by atoms with E-state index in [4.69, 9.17) is 21.1 Å². The molecule has 0 radical (unpaired) electrons. The SMILES string of the molecule is CN1CCC[C@H]1COc1nc2c(F)c(Cl)ncc2c(N2C[C@H]3CC[C@@H](C2)N3C(=O)OC(C)(C)C)c1C#N. The van der Waals surface area contributed by atoms with Crippen molar-refractivity contribution in [2.75, 3.05) is 38.2 Å². The predicted molar refractivity (Wildman–Crippen MR) is 137 cm³/mol. The van der Waals surface area contributed by atoms with E-state index >= 15 is 4.39 Å². The van der Waals surface area contributed by atoms with Crippen molar-refractivity contribution in [1.82, 2.24) is 19.8 Å². The molecule has 0 aliphatic carbocycles.